The van der Waals surface area contributed by atoms with Crippen LogP contribution in [0.25, 0.3) is 0 Å². The van der Waals surface area contributed by atoms with Crippen molar-refractivity contribution in [3.63, 3.8) is 0 Å². The van der Waals surface area contributed by atoms with Crippen LogP contribution in [0.15, 0.2) is 22.7 Å². The third-order valence-electron chi connectivity index (χ3n) is 2.35. The quantitative estimate of drug-likeness (QED) is 0.645. The van der Waals surface area contributed by atoms with Gasteiger partial charge in [0.2, 0.25) is 0 Å². The minimum Gasteiger partial charge on any atom is -0.378 e. The highest BCUT2D eigenvalue weighted by Gasteiger charge is 2.09. The van der Waals surface area contributed by atoms with Crippen LogP contribution in [0.2, 0.25) is 15.1 Å². The molecule has 96 valence electrons. The number of thiophene rings is 1. The van der Waals surface area contributed by atoms with Crippen LogP contribution < -0.4 is 5.32 Å². The first kappa shape index (κ1) is 14.5. The molecule has 2 rings (SSSR count). The van der Waals surface area contributed by atoms with Crippen molar-refractivity contribution in [2.45, 2.75) is 13.5 Å². The molecule has 0 atom stereocenters. The van der Waals surface area contributed by atoms with Gasteiger partial charge in [0.15, 0.2) is 0 Å². The van der Waals surface area contributed by atoms with Gasteiger partial charge in [-0.05, 0) is 41.1 Å². The molecule has 0 spiro atoms. The van der Waals surface area contributed by atoms with Crippen molar-refractivity contribution in [1.82, 2.24) is 0 Å². The van der Waals surface area contributed by atoms with E-state index in [4.69, 9.17) is 34.8 Å². The molecule has 1 aromatic carbocycles. The summed E-state index contributed by atoms with van der Waals surface area (Å²) < 4.78 is 1.12. The number of halogens is 4. The molecule has 0 fully saturated rings. The zero-order valence-electron chi connectivity index (χ0n) is 9.36. The summed E-state index contributed by atoms with van der Waals surface area (Å²) in [6.07, 6.45) is 0. The highest BCUT2D eigenvalue weighted by atomic mass is 79.9. The molecule has 1 heterocycles. The Hall–Kier alpha value is 0.0700. The summed E-state index contributed by atoms with van der Waals surface area (Å²) in [5, 5.41) is 4.82. The van der Waals surface area contributed by atoms with E-state index in [1.807, 2.05) is 0 Å². The van der Waals surface area contributed by atoms with Gasteiger partial charge < -0.3 is 5.32 Å². The number of anilines is 1. The zero-order valence-corrected chi connectivity index (χ0v) is 14.0. The van der Waals surface area contributed by atoms with Gasteiger partial charge in [-0.1, -0.05) is 34.8 Å². The second-order valence-corrected chi connectivity index (χ2v) is 7.16. The fourth-order valence-corrected chi connectivity index (χ4v) is 3.98. The van der Waals surface area contributed by atoms with Gasteiger partial charge in [-0.3, -0.25) is 0 Å². The summed E-state index contributed by atoms with van der Waals surface area (Å²) in [5.41, 5.74) is 0.713. The van der Waals surface area contributed by atoms with Gasteiger partial charge in [0.25, 0.3) is 0 Å². The third-order valence-corrected chi connectivity index (χ3v) is 5.31. The lowest BCUT2D eigenvalue weighted by molar-refractivity contribution is 1.19. The fourth-order valence-electron chi connectivity index (χ4n) is 1.49. The summed E-state index contributed by atoms with van der Waals surface area (Å²) in [5.74, 6) is 0. The maximum Gasteiger partial charge on any atom is 0.0722 e. The van der Waals surface area contributed by atoms with Crippen molar-refractivity contribution in [1.29, 1.82) is 0 Å². The summed E-state index contributed by atoms with van der Waals surface area (Å²) in [4.78, 5) is 2.46. The summed E-state index contributed by atoms with van der Waals surface area (Å²) in [7, 11) is 0. The van der Waals surface area contributed by atoms with Gasteiger partial charge in [-0.15, -0.1) is 11.3 Å². The third kappa shape index (κ3) is 3.34. The minimum absolute atomic E-state index is 0.528. The molecule has 1 aromatic heterocycles. The molecule has 0 aliphatic carbocycles. The van der Waals surface area contributed by atoms with E-state index < -0.39 is 0 Å². The van der Waals surface area contributed by atoms with Crippen LogP contribution in [-0.2, 0) is 6.54 Å². The fraction of sp³-hybridized carbons (Fsp3) is 0.167. The van der Waals surface area contributed by atoms with Gasteiger partial charge in [-0.25, -0.2) is 0 Å². The minimum atomic E-state index is 0.528. The van der Waals surface area contributed by atoms with Crippen LogP contribution in [0, 0.1) is 6.92 Å². The smallest absolute Gasteiger partial charge is 0.0722 e. The number of hydrogen-bond acceptors (Lipinski definition) is 2. The van der Waals surface area contributed by atoms with E-state index in [1.165, 1.54) is 9.75 Å². The number of hydrogen-bond donors (Lipinski definition) is 1. The van der Waals surface area contributed by atoms with E-state index in [0.717, 1.165) is 4.47 Å². The van der Waals surface area contributed by atoms with Gasteiger partial charge in [0.05, 0.1) is 15.7 Å². The first-order chi connectivity index (χ1) is 8.47. The maximum absolute atomic E-state index is 6.10. The second kappa shape index (κ2) is 6.02. The molecule has 0 saturated heterocycles. The average Bonchev–Trinajstić information content (AvgIpc) is 2.56. The normalized spacial score (nSPS) is 10.7. The van der Waals surface area contributed by atoms with Crippen LogP contribution in [0.5, 0.6) is 0 Å². The van der Waals surface area contributed by atoms with Crippen molar-refractivity contribution >= 4 is 67.8 Å². The van der Waals surface area contributed by atoms with Gasteiger partial charge >= 0.3 is 0 Å². The second-order valence-electron chi connectivity index (χ2n) is 3.71. The molecular weight excluding hydrogens is 376 g/mol. The largest absolute Gasteiger partial charge is 0.378 e. The number of benzene rings is 1. The monoisotopic (exact) mass is 383 g/mol. The topological polar surface area (TPSA) is 12.0 Å². The molecule has 6 heteroatoms. The molecule has 2 aromatic rings. The first-order valence-corrected chi connectivity index (χ1v) is 7.85. The van der Waals surface area contributed by atoms with Crippen molar-refractivity contribution in [2.24, 2.45) is 0 Å². The molecule has 0 saturated carbocycles. The van der Waals surface area contributed by atoms with Crippen LogP contribution in [0.4, 0.5) is 5.69 Å². The summed E-state index contributed by atoms with van der Waals surface area (Å²) in [6.45, 7) is 2.75. The Morgan fingerprint density at radius 2 is 1.78 bits per heavy atom. The van der Waals surface area contributed by atoms with Crippen LogP contribution in [0.1, 0.15) is 9.75 Å². The van der Waals surface area contributed by atoms with Crippen molar-refractivity contribution < 1.29 is 0 Å². The van der Waals surface area contributed by atoms with E-state index in [0.29, 0.717) is 27.3 Å². The standard InChI is InChI=1S/C12H9BrCl3NS/c1-6-9(13)4-8(18-6)5-17-12-10(15)2-7(14)3-11(12)16/h2-4,17H,5H2,1H3. The predicted molar refractivity (Wildman–Crippen MR) is 85.6 cm³/mol. The Bertz CT molecular complexity index is 540. The Kier molecular flexibility index (Phi) is 4.84. The molecule has 0 amide bonds. The molecule has 0 bridgehead atoms. The molecule has 0 unspecified atom stereocenters. The summed E-state index contributed by atoms with van der Waals surface area (Å²) in [6, 6.07) is 5.44. The van der Waals surface area contributed by atoms with Crippen molar-refractivity contribution in [3.8, 4) is 0 Å². The Morgan fingerprint density at radius 1 is 1.17 bits per heavy atom. The maximum atomic E-state index is 6.10. The summed E-state index contributed by atoms with van der Waals surface area (Å²) >= 11 is 23.3. The molecule has 1 N–H and O–H groups in total. The number of nitrogens with one attached hydrogen (secondary N) is 1. The highest BCUT2D eigenvalue weighted by Crippen LogP contribution is 2.34. The predicted octanol–water partition coefficient (Wildman–Crippen LogP) is 6.39. The molecule has 0 aliphatic rings. The Morgan fingerprint density at radius 3 is 2.28 bits per heavy atom. The number of aryl methyl sites for hydroxylation is 1. The molecule has 0 aliphatic heterocycles. The molecule has 0 radical (unpaired) electrons. The van der Waals surface area contributed by atoms with Crippen LogP contribution in [-0.4, -0.2) is 0 Å². The van der Waals surface area contributed by atoms with Gasteiger partial charge in [-0.2, -0.15) is 0 Å². The highest BCUT2D eigenvalue weighted by molar-refractivity contribution is 9.10. The molecule has 18 heavy (non-hydrogen) atoms. The lowest BCUT2D eigenvalue weighted by Gasteiger charge is -2.09. The first-order valence-electron chi connectivity index (χ1n) is 5.10. The van der Waals surface area contributed by atoms with Gasteiger partial charge in [0, 0.05) is 25.8 Å². The SMILES string of the molecule is Cc1sc(CNc2c(Cl)cc(Cl)cc2Cl)cc1Br. The van der Waals surface area contributed by atoms with Crippen LogP contribution in [0.3, 0.4) is 0 Å². The lowest BCUT2D eigenvalue weighted by Crippen LogP contribution is -1.98. The Balaban J connectivity index is 2.15. The van der Waals surface area contributed by atoms with E-state index in [2.05, 4.69) is 34.2 Å². The average molecular weight is 386 g/mol. The Labute approximate surface area is 133 Å². The van der Waals surface area contributed by atoms with E-state index in [1.54, 1.807) is 23.5 Å². The van der Waals surface area contributed by atoms with Crippen LogP contribution >= 0.6 is 62.1 Å². The van der Waals surface area contributed by atoms with Gasteiger partial charge in [0.1, 0.15) is 0 Å². The lowest BCUT2D eigenvalue weighted by atomic mass is 10.3. The van der Waals surface area contributed by atoms with E-state index in [-0.39, 0.29) is 0 Å². The van der Waals surface area contributed by atoms with E-state index >= 15 is 0 Å². The van der Waals surface area contributed by atoms with Crippen molar-refractivity contribution in [3.05, 3.63) is 47.5 Å². The van der Waals surface area contributed by atoms with Crippen molar-refractivity contribution in [2.75, 3.05) is 5.32 Å². The zero-order chi connectivity index (χ0) is 13.3. The van der Waals surface area contributed by atoms with E-state index in [9.17, 15) is 0 Å². The molecule has 1 nitrogen and oxygen atoms in total. The number of rotatable bonds is 3. The molecular formula is C12H9BrCl3NS.